The van der Waals surface area contributed by atoms with Crippen molar-refractivity contribution in [3.05, 3.63) is 42.7 Å². The highest BCUT2D eigenvalue weighted by atomic mass is 32.2. The molecule has 0 unspecified atom stereocenters. The summed E-state index contributed by atoms with van der Waals surface area (Å²) in [4.78, 5) is 3.83. The highest BCUT2D eigenvalue weighted by molar-refractivity contribution is 7.92. The SMILES string of the molecule is CC(C)n1ncc2cc(NS(=O)(=O)c3cccc(OC(F)(F)F)c3)cnc21. The zero-order valence-electron chi connectivity index (χ0n) is 14.2. The Hall–Kier alpha value is -2.82. The van der Waals surface area contributed by atoms with Gasteiger partial charge in [-0.3, -0.25) is 4.72 Å². The fraction of sp³-hybridized carbons (Fsp3) is 0.250. The molecule has 0 aliphatic rings. The molecule has 0 aliphatic carbocycles. The van der Waals surface area contributed by atoms with Crippen LogP contribution in [0.2, 0.25) is 0 Å². The van der Waals surface area contributed by atoms with Crippen LogP contribution in [0, 0.1) is 0 Å². The molecule has 0 fully saturated rings. The standard InChI is InChI=1S/C16H15F3N4O3S/c1-10(2)23-15-11(8-21-23)6-12(9-20-15)22-27(24,25)14-5-3-4-13(7-14)26-16(17,18)19/h3-10,22H,1-2H3. The number of nitrogens with one attached hydrogen (secondary N) is 1. The fourth-order valence-electron chi connectivity index (χ4n) is 2.43. The van der Waals surface area contributed by atoms with E-state index < -0.39 is 22.1 Å². The van der Waals surface area contributed by atoms with Crippen LogP contribution in [0.4, 0.5) is 18.9 Å². The van der Waals surface area contributed by atoms with E-state index in [0.29, 0.717) is 11.0 Å². The van der Waals surface area contributed by atoms with Crippen LogP contribution in [0.3, 0.4) is 0 Å². The first-order valence-corrected chi connectivity index (χ1v) is 9.25. The maximum Gasteiger partial charge on any atom is 0.573 e. The molecule has 3 aromatic rings. The number of anilines is 1. The lowest BCUT2D eigenvalue weighted by Gasteiger charge is -2.12. The van der Waals surface area contributed by atoms with Crippen molar-refractivity contribution in [1.29, 1.82) is 0 Å². The Balaban J connectivity index is 1.88. The Kier molecular flexibility index (Phi) is 4.72. The third kappa shape index (κ3) is 4.30. The van der Waals surface area contributed by atoms with Crippen molar-refractivity contribution in [3.8, 4) is 5.75 Å². The number of hydrogen-bond acceptors (Lipinski definition) is 5. The lowest BCUT2D eigenvalue weighted by molar-refractivity contribution is -0.274. The molecule has 0 bridgehead atoms. The van der Waals surface area contributed by atoms with Crippen molar-refractivity contribution in [2.75, 3.05) is 4.72 Å². The van der Waals surface area contributed by atoms with Crippen LogP contribution in [0.25, 0.3) is 11.0 Å². The van der Waals surface area contributed by atoms with Crippen LogP contribution in [0.15, 0.2) is 47.6 Å². The molecule has 144 valence electrons. The lowest BCUT2D eigenvalue weighted by Crippen LogP contribution is -2.18. The molecular formula is C16H15F3N4O3S. The van der Waals surface area contributed by atoms with Crippen molar-refractivity contribution >= 4 is 26.7 Å². The summed E-state index contributed by atoms with van der Waals surface area (Å²) >= 11 is 0. The second-order valence-electron chi connectivity index (χ2n) is 5.95. The summed E-state index contributed by atoms with van der Waals surface area (Å²) in [6.07, 6.45) is -2.05. The smallest absolute Gasteiger partial charge is 0.406 e. The van der Waals surface area contributed by atoms with Crippen LogP contribution in [-0.4, -0.2) is 29.5 Å². The molecule has 1 aromatic carbocycles. The number of benzene rings is 1. The number of pyridine rings is 1. The monoisotopic (exact) mass is 400 g/mol. The molecule has 0 atom stereocenters. The summed E-state index contributed by atoms with van der Waals surface area (Å²) in [5.41, 5.74) is 0.751. The molecule has 0 spiro atoms. The Morgan fingerprint density at radius 2 is 1.93 bits per heavy atom. The van der Waals surface area contributed by atoms with E-state index >= 15 is 0 Å². The fourth-order valence-corrected chi connectivity index (χ4v) is 3.50. The number of ether oxygens (including phenoxy) is 1. The van der Waals surface area contributed by atoms with E-state index in [1.165, 1.54) is 6.20 Å². The van der Waals surface area contributed by atoms with E-state index in [2.05, 4.69) is 19.5 Å². The number of aromatic nitrogens is 3. The summed E-state index contributed by atoms with van der Waals surface area (Å²) in [6, 6.07) is 5.74. The molecule has 1 N–H and O–H groups in total. The van der Waals surface area contributed by atoms with Gasteiger partial charge < -0.3 is 4.74 Å². The molecule has 27 heavy (non-hydrogen) atoms. The molecule has 0 aliphatic heterocycles. The summed E-state index contributed by atoms with van der Waals surface area (Å²) in [5, 5.41) is 4.81. The lowest BCUT2D eigenvalue weighted by atomic mass is 10.3. The van der Waals surface area contributed by atoms with Gasteiger partial charge in [0.2, 0.25) is 0 Å². The average molecular weight is 400 g/mol. The minimum absolute atomic E-state index is 0.0777. The molecule has 0 saturated heterocycles. The molecule has 0 saturated carbocycles. The van der Waals surface area contributed by atoms with Crippen molar-refractivity contribution < 1.29 is 26.3 Å². The van der Waals surface area contributed by atoms with Gasteiger partial charge in [-0.15, -0.1) is 13.2 Å². The maximum atomic E-state index is 12.5. The highest BCUT2D eigenvalue weighted by Gasteiger charge is 2.31. The summed E-state index contributed by atoms with van der Waals surface area (Å²) in [6.45, 7) is 3.86. The van der Waals surface area contributed by atoms with E-state index in [1.807, 2.05) is 13.8 Å². The van der Waals surface area contributed by atoms with Crippen molar-refractivity contribution in [3.63, 3.8) is 0 Å². The largest absolute Gasteiger partial charge is 0.573 e. The predicted molar refractivity (Wildman–Crippen MR) is 91.8 cm³/mol. The van der Waals surface area contributed by atoms with Crippen LogP contribution in [-0.2, 0) is 10.0 Å². The Morgan fingerprint density at radius 1 is 1.19 bits per heavy atom. The van der Waals surface area contributed by atoms with Crippen LogP contribution in [0.5, 0.6) is 5.75 Å². The zero-order valence-corrected chi connectivity index (χ0v) is 15.0. The van der Waals surface area contributed by atoms with Gasteiger partial charge in [0.05, 0.1) is 23.0 Å². The van der Waals surface area contributed by atoms with Gasteiger partial charge in [0.25, 0.3) is 10.0 Å². The van der Waals surface area contributed by atoms with Gasteiger partial charge in [-0.25, -0.2) is 18.1 Å². The topological polar surface area (TPSA) is 86.1 Å². The minimum atomic E-state index is -4.92. The number of halogens is 3. The maximum absolute atomic E-state index is 12.5. The third-order valence-electron chi connectivity index (χ3n) is 3.52. The molecule has 0 radical (unpaired) electrons. The molecule has 0 amide bonds. The number of fused-ring (bicyclic) bond motifs is 1. The van der Waals surface area contributed by atoms with E-state index in [4.69, 9.17) is 0 Å². The Bertz CT molecular complexity index is 1080. The third-order valence-corrected chi connectivity index (χ3v) is 4.90. The normalized spacial score (nSPS) is 12.5. The summed E-state index contributed by atoms with van der Waals surface area (Å²) < 4.78 is 69.6. The van der Waals surface area contributed by atoms with Gasteiger partial charge >= 0.3 is 6.36 Å². The zero-order chi connectivity index (χ0) is 19.8. The second kappa shape index (κ2) is 6.72. The van der Waals surface area contributed by atoms with Crippen LogP contribution in [0.1, 0.15) is 19.9 Å². The Labute approximate surface area is 152 Å². The van der Waals surface area contributed by atoms with E-state index in [9.17, 15) is 21.6 Å². The van der Waals surface area contributed by atoms with Crippen molar-refractivity contribution in [1.82, 2.24) is 14.8 Å². The number of hydrogen-bond donors (Lipinski definition) is 1. The molecule has 3 rings (SSSR count). The molecule has 7 nitrogen and oxygen atoms in total. The van der Waals surface area contributed by atoms with Gasteiger partial charge in [0.15, 0.2) is 5.65 Å². The molecule has 11 heteroatoms. The summed E-state index contributed by atoms with van der Waals surface area (Å²) in [5.74, 6) is -0.628. The average Bonchev–Trinajstić information content (AvgIpc) is 2.96. The van der Waals surface area contributed by atoms with E-state index in [-0.39, 0.29) is 16.6 Å². The number of sulfonamides is 1. The van der Waals surface area contributed by atoms with E-state index in [1.54, 1.807) is 16.9 Å². The second-order valence-corrected chi connectivity index (χ2v) is 7.63. The number of rotatable bonds is 5. The first-order chi connectivity index (χ1) is 12.5. The molecule has 2 aromatic heterocycles. The van der Waals surface area contributed by atoms with E-state index in [0.717, 1.165) is 24.3 Å². The van der Waals surface area contributed by atoms with Crippen molar-refractivity contribution in [2.24, 2.45) is 0 Å². The molecular weight excluding hydrogens is 385 g/mol. The van der Waals surface area contributed by atoms with Crippen molar-refractivity contribution in [2.45, 2.75) is 31.1 Å². The van der Waals surface area contributed by atoms with Crippen LogP contribution < -0.4 is 9.46 Å². The first kappa shape index (κ1) is 19.0. The van der Waals surface area contributed by atoms with Gasteiger partial charge in [0.1, 0.15) is 5.75 Å². The predicted octanol–water partition coefficient (Wildman–Crippen LogP) is 3.71. The highest BCUT2D eigenvalue weighted by Crippen LogP contribution is 2.26. The molecule has 2 heterocycles. The number of alkyl halides is 3. The van der Waals surface area contributed by atoms with Gasteiger partial charge in [-0.2, -0.15) is 5.10 Å². The quantitative estimate of drug-likeness (QED) is 0.706. The van der Waals surface area contributed by atoms with Gasteiger partial charge in [0, 0.05) is 17.5 Å². The first-order valence-electron chi connectivity index (χ1n) is 7.77. The van der Waals surface area contributed by atoms with Gasteiger partial charge in [-0.05, 0) is 32.0 Å². The Morgan fingerprint density at radius 3 is 2.59 bits per heavy atom. The van der Waals surface area contributed by atoms with Gasteiger partial charge in [-0.1, -0.05) is 6.07 Å². The van der Waals surface area contributed by atoms with Crippen LogP contribution >= 0.6 is 0 Å². The number of nitrogens with zero attached hydrogens (tertiary/aromatic N) is 3. The summed E-state index contributed by atoms with van der Waals surface area (Å²) in [7, 11) is -4.13. The minimum Gasteiger partial charge on any atom is -0.406 e.